The topological polar surface area (TPSA) is 38.3 Å². The lowest BCUT2D eigenvalue weighted by Crippen LogP contribution is -2.41. The van der Waals surface area contributed by atoms with Crippen molar-refractivity contribution in [1.29, 1.82) is 0 Å². The Labute approximate surface area is 101 Å². The quantitative estimate of drug-likeness (QED) is 0.829. The van der Waals surface area contributed by atoms with Gasteiger partial charge in [-0.05, 0) is 39.5 Å². The van der Waals surface area contributed by atoms with E-state index in [1.165, 1.54) is 0 Å². The third-order valence-electron chi connectivity index (χ3n) is 3.08. The highest BCUT2D eigenvalue weighted by atomic mass is 19.3. The van der Waals surface area contributed by atoms with Crippen LogP contribution in [0, 0.1) is 5.92 Å². The Morgan fingerprint density at radius 2 is 2.12 bits per heavy atom. The normalized spacial score (nSPS) is 28.1. The number of hydrogen-bond donors (Lipinski definition) is 1. The molecule has 0 aromatic carbocycles. The van der Waals surface area contributed by atoms with Crippen LogP contribution in [0.3, 0.4) is 0 Å². The molecule has 3 nitrogen and oxygen atoms in total. The molecule has 100 valence electrons. The molecule has 0 heterocycles. The molecular weight excluding hydrogens is 228 g/mol. The minimum absolute atomic E-state index is 0.125. The van der Waals surface area contributed by atoms with Crippen LogP contribution < -0.4 is 5.32 Å². The van der Waals surface area contributed by atoms with Crippen molar-refractivity contribution in [1.82, 2.24) is 5.32 Å². The largest absolute Gasteiger partial charge is 0.444 e. The molecule has 0 spiro atoms. The molecule has 1 aliphatic rings. The van der Waals surface area contributed by atoms with E-state index in [0.717, 1.165) is 0 Å². The first-order chi connectivity index (χ1) is 7.68. The molecule has 0 aliphatic heterocycles. The highest BCUT2D eigenvalue weighted by molar-refractivity contribution is 5.69. The maximum atomic E-state index is 12.3. The SMILES string of the molecule is CC[C@@]1(NC(=O)OC(C)(C)C)C[C@H]1CC(F)F. The van der Waals surface area contributed by atoms with Crippen molar-refractivity contribution in [3.63, 3.8) is 0 Å². The van der Waals surface area contributed by atoms with Gasteiger partial charge in [0.25, 0.3) is 0 Å². The first kappa shape index (κ1) is 14.2. The van der Waals surface area contributed by atoms with Gasteiger partial charge in [-0.1, -0.05) is 6.92 Å². The number of hydrogen-bond acceptors (Lipinski definition) is 2. The summed E-state index contributed by atoms with van der Waals surface area (Å²) in [5.74, 6) is -0.125. The number of amides is 1. The van der Waals surface area contributed by atoms with Crippen molar-refractivity contribution in [2.24, 2.45) is 5.92 Å². The van der Waals surface area contributed by atoms with Crippen LogP contribution in [0.4, 0.5) is 13.6 Å². The van der Waals surface area contributed by atoms with Gasteiger partial charge in [0.05, 0.1) is 0 Å². The Kier molecular flexibility index (Phi) is 3.99. The maximum absolute atomic E-state index is 12.3. The van der Waals surface area contributed by atoms with Crippen LogP contribution in [0.15, 0.2) is 0 Å². The fraction of sp³-hybridized carbons (Fsp3) is 0.917. The van der Waals surface area contributed by atoms with Gasteiger partial charge in [0, 0.05) is 12.0 Å². The van der Waals surface area contributed by atoms with Crippen LogP contribution in [-0.4, -0.2) is 23.7 Å². The van der Waals surface area contributed by atoms with Crippen molar-refractivity contribution in [3.05, 3.63) is 0 Å². The van der Waals surface area contributed by atoms with Crippen LogP contribution in [0.2, 0.25) is 0 Å². The smallest absolute Gasteiger partial charge is 0.408 e. The zero-order valence-corrected chi connectivity index (χ0v) is 10.8. The molecule has 0 unspecified atom stereocenters. The summed E-state index contributed by atoms with van der Waals surface area (Å²) in [6, 6.07) is 0. The van der Waals surface area contributed by atoms with Gasteiger partial charge in [0.1, 0.15) is 5.60 Å². The molecule has 0 bridgehead atoms. The number of alkyl halides is 2. The predicted molar refractivity (Wildman–Crippen MR) is 61.1 cm³/mol. The number of alkyl carbamates (subject to hydrolysis) is 1. The number of carbonyl (C=O) groups excluding carboxylic acids is 1. The number of ether oxygens (including phenoxy) is 1. The second kappa shape index (κ2) is 4.78. The zero-order chi connectivity index (χ0) is 13.3. The first-order valence-electron chi connectivity index (χ1n) is 5.98. The lowest BCUT2D eigenvalue weighted by atomic mass is 10.1. The zero-order valence-electron chi connectivity index (χ0n) is 10.8. The van der Waals surface area contributed by atoms with E-state index < -0.39 is 23.7 Å². The number of nitrogens with one attached hydrogen (secondary N) is 1. The molecule has 0 aromatic heterocycles. The van der Waals surface area contributed by atoms with E-state index in [0.29, 0.717) is 12.8 Å². The van der Waals surface area contributed by atoms with Gasteiger partial charge < -0.3 is 10.1 Å². The summed E-state index contributed by atoms with van der Waals surface area (Å²) in [6.07, 6.45) is -1.70. The van der Waals surface area contributed by atoms with Crippen molar-refractivity contribution in [2.45, 2.75) is 64.5 Å². The summed E-state index contributed by atoms with van der Waals surface area (Å²) in [5, 5.41) is 2.73. The molecule has 1 aliphatic carbocycles. The molecule has 1 saturated carbocycles. The number of carbonyl (C=O) groups is 1. The van der Waals surface area contributed by atoms with Gasteiger partial charge >= 0.3 is 6.09 Å². The number of halogens is 2. The highest BCUT2D eigenvalue weighted by Crippen LogP contribution is 2.49. The fourth-order valence-electron chi connectivity index (χ4n) is 2.09. The van der Waals surface area contributed by atoms with E-state index in [2.05, 4.69) is 5.32 Å². The molecule has 5 heteroatoms. The van der Waals surface area contributed by atoms with E-state index in [-0.39, 0.29) is 12.3 Å². The van der Waals surface area contributed by atoms with Gasteiger partial charge in [-0.25, -0.2) is 13.6 Å². The summed E-state index contributed by atoms with van der Waals surface area (Å²) < 4.78 is 29.7. The Balaban J connectivity index is 2.47. The van der Waals surface area contributed by atoms with E-state index in [9.17, 15) is 13.6 Å². The lowest BCUT2D eigenvalue weighted by molar-refractivity contribution is 0.0480. The van der Waals surface area contributed by atoms with E-state index in [1.54, 1.807) is 20.8 Å². The van der Waals surface area contributed by atoms with E-state index in [4.69, 9.17) is 4.74 Å². The maximum Gasteiger partial charge on any atom is 0.408 e. The molecule has 17 heavy (non-hydrogen) atoms. The van der Waals surface area contributed by atoms with Crippen molar-refractivity contribution in [3.8, 4) is 0 Å². The first-order valence-corrected chi connectivity index (χ1v) is 5.98. The Bertz CT molecular complexity index is 289. The molecule has 0 saturated heterocycles. The van der Waals surface area contributed by atoms with Crippen molar-refractivity contribution < 1.29 is 18.3 Å². The molecular formula is C12H21F2NO2. The Hall–Kier alpha value is -0.870. The molecule has 1 amide bonds. The summed E-state index contributed by atoms with van der Waals surface area (Å²) in [6.45, 7) is 7.21. The van der Waals surface area contributed by atoms with Crippen LogP contribution >= 0.6 is 0 Å². The summed E-state index contributed by atoms with van der Waals surface area (Å²) in [4.78, 5) is 11.6. The standard InChI is InChI=1S/C12H21F2NO2/c1-5-12(7-8(12)6-9(13)14)15-10(16)17-11(2,3)4/h8-9H,5-7H2,1-4H3,(H,15,16)/t8-,12-/m1/s1. The van der Waals surface area contributed by atoms with E-state index in [1.807, 2.05) is 6.92 Å². The van der Waals surface area contributed by atoms with Crippen LogP contribution in [0.25, 0.3) is 0 Å². The second-order valence-corrected chi connectivity index (χ2v) is 5.66. The van der Waals surface area contributed by atoms with Crippen LogP contribution in [0.5, 0.6) is 0 Å². The Morgan fingerprint density at radius 3 is 2.53 bits per heavy atom. The molecule has 1 N–H and O–H groups in total. The second-order valence-electron chi connectivity index (χ2n) is 5.66. The van der Waals surface area contributed by atoms with Gasteiger partial charge in [0.15, 0.2) is 0 Å². The average molecular weight is 249 g/mol. The Morgan fingerprint density at radius 1 is 1.53 bits per heavy atom. The van der Waals surface area contributed by atoms with Gasteiger partial charge in [0.2, 0.25) is 6.43 Å². The van der Waals surface area contributed by atoms with Gasteiger partial charge in [-0.2, -0.15) is 0 Å². The van der Waals surface area contributed by atoms with Gasteiger partial charge in [-0.3, -0.25) is 0 Å². The van der Waals surface area contributed by atoms with Crippen LogP contribution in [-0.2, 0) is 4.74 Å². The van der Waals surface area contributed by atoms with Crippen molar-refractivity contribution >= 4 is 6.09 Å². The minimum Gasteiger partial charge on any atom is -0.444 e. The molecule has 1 fully saturated rings. The summed E-state index contributed by atoms with van der Waals surface area (Å²) >= 11 is 0. The third kappa shape index (κ3) is 4.13. The van der Waals surface area contributed by atoms with E-state index >= 15 is 0 Å². The molecule has 0 aromatic rings. The summed E-state index contributed by atoms with van der Waals surface area (Å²) in [5.41, 5.74) is -1.04. The fourth-order valence-corrected chi connectivity index (χ4v) is 2.09. The average Bonchev–Trinajstić information content (AvgIpc) is 2.74. The number of rotatable bonds is 4. The van der Waals surface area contributed by atoms with Crippen molar-refractivity contribution in [2.75, 3.05) is 0 Å². The highest BCUT2D eigenvalue weighted by Gasteiger charge is 2.54. The third-order valence-corrected chi connectivity index (χ3v) is 3.08. The minimum atomic E-state index is -2.31. The van der Waals surface area contributed by atoms with Gasteiger partial charge in [-0.15, -0.1) is 0 Å². The molecule has 2 atom stereocenters. The molecule has 1 rings (SSSR count). The van der Waals surface area contributed by atoms with Crippen LogP contribution in [0.1, 0.15) is 47.0 Å². The lowest BCUT2D eigenvalue weighted by Gasteiger charge is -2.23. The molecule has 0 radical (unpaired) electrons. The predicted octanol–water partition coefficient (Wildman–Crippen LogP) is 3.34. The summed E-state index contributed by atoms with van der Waals surface area (Å²) in [7, 11) is 0. The monoisotopic (exact) mass is 249 g/mol.